The first-order chi connectivity index (χ1) is 7.70. The highest BCUT2D eigenvalue weighted by atomic mass is 15.3. The van der Waals surface area contributed by atoms with E-state index in [0.717, 1.165) is 17.8 Å². The van der Waals surface area contributed by atoms with Crippen molar-refractivity contribution in [2.45, 2.75) is 33.6 Å². The van der Waals surface area contributed by atoms with Crippen molar-refractivity contribution in [3.05, 3.63) is 47.3 Å². The van der Waals surface area contributed by atoms with Gasteiger partial charge in [-0.05, 0) is 44.0 Å². The van der Waals surface area contributed by atoms with E-state index in [1.54, 1.807) is 0 Å². The highest BCUT2D eigenvalue weighted by Gasteiger charge is 2.03. The molecular weight excluding hydrogens is 196 g/mol. The number of nitrogens with zero attached hydrogens (tertiary/aromatic N) is 2. The average molecular weight is 214 g/mol. The van der Waals surface area contributed by atoms with E-state index in [1.807, 2.05) is 11.6 Å². The first kappa shape index (κ1) is 10.9. The molecule has 1 aromatic carbocycles. The van der Waals surface area contributed by atoms with Crippen molar-refractivity contribution < 1.29 is 0 Å². The van der Waals surface area contributed by atoms with Crippen molar-refractivity contribution in [3.8, 4) is 5.69 Å². The van der Waals surface area contributed by atoms with Crippen molar-refractivity contribution in [3.63, 3.8) is 0 Å². The molecule has 2 rings (SSSR count). The Morgan fingerprint density at radius 1 is 1.19 bits per heavy atom. The van der Waals surface area contributed by atoms with Gasteiger partial charge < -0.3 is 0 Å². The molecular formula is C14H18N2. The van der Waals surface area contributed by atoms with Crippen LogP contribution in [0.15, 0.2) is 30.3 Å². The molecule has 0 atom stereocenters. The molecule has 1 heterocycles. The number of aryl methyl sites for hydroxylation is 3. The third kappa shape index (κ3) is 2.16. The van der Waals surface area contributed by atoms with Crippen LogP contribution in [0.4, 0.5) is 0 Å². The molecule has 2 nitrogen and oxygen atoms in total. The van der Waals surface area contributed by atoms with Crippen LogP contribution in [0, 0.1) is 13.8 Å². The van der Waals surface area contributed by atoms with Gasteiger partial charge in [-0.25, -0.2) is 4.68 Å². The van der Waals surface area contributed by atoms with Gasteiger partial charge in [0.15, 0.2) is 0 Å². The van der Waals surface area contributed by atoms with Crippen LogP contribution >= 0.6 is 0 Å². The fourth-order valence-electron chi connectivity index (χ4n) is 2.02. The number of rotatable bonds is 3. The third-order valence-corrected chi connectivity index (χ3v) is 2.70. The zero-order valence-electron chi connectivity index (χ0n) is 10.2. The Bertz CT molecular complexity index is 483. The summed E-state index contributed by atoms with van der Waals surface area (Å²) in [4.78, 5) is 0. The molecule has 0 unspecified atom stereocenters. The molecule has 0 fully saturated rings. The van der Waals surface area contributed by atoms with Gasteiger partial charge in [-0.2, -0.15) is 5.10 Å². The van der Waals surface area contributed by atoms with E-state index in [2.05, 4.69) is 49.3 Å². The molecule has 0 amide bonds. The molecule has 0 aliphatic heterocycles. The van der Waals surface area contributed by atoms with E-state index >= 15 is 0 Å². The van der Waals surface area contributed by atoms with E-state index in [9.17, 15) is 0 Å². The normalized spacial score (nSPS) is 10.7. The summed E-state index contributed by atoms with van der Waals surface area (Å²) in [5, 5.41) is 4.50. The Hall–Kier alpha value is -1.57. The standard InChI is InChI=1S/C14H18N2/c1-4-6-13-7-5-8-14(10-13)16-12(3)9-11(2)15-16/h5,7-10H,4,6H2,1-3H3. The summed E-state index contributed by atoms with van der Waals surface area (Å²) in [6.45, 7) is 6.32. The van der Waals surface area contributed by atoms with E-state index in [4.69, 9.17) is 0 Å². The molecule has 0 aliphatic rings. The number of hydrogen-bond donors (Lipinski definition) is 0. The molecule has 0 bridgehead atoms. The molecule has 0 saturated heterocycles. The van der Waals surface area contributed by atoms with Crippen LogP contribution in [-0.2, 0) is 6.42 Å². The van der Waals surface area contributed by atoms with Crippen LogP contribution in [0.1, 0.15) is 30.3 Å². The van der Waals surface area contributed by atoms with E-state index in [0.29, 0.717) is 0 Å². The summed E-state index contributed by atoms with van der Waals surface area (Å²) in [7, 11) is 0. The number of aromatic nitrogens is 2. The third-order valence-electron chi connectivity index (χ3n) is 2.70. The second-order valence-electron chi connectivity index (χ2n) is 4.26. The summed E-state index contributed by atoms with van der Waals surface area (Å²) in [6.07, 6.45) is 2.31. The summed E-state index contributed by atoms with van der Waals surface area (Å²) >= 11 is 0. The van der Waals surface area contributed by atoms with Crippen LogP contribution in [0.25, 0.3) is 5.69 Å². The van der Waals surface area contributed by atoms with Gasteiger partial charge >= 0.3 is 0 Å². The smallest absolute Gasteiger partial charge is 0.0651 e. The zero-order chi connectivity index (χ0) is 11.5. The first-order valence-corrected chi connectivity index (χ1v) is 5.83. The minimum atomic E-state index is 1.07. The van der Waals surface area contributed by atoms with Crippen LogP contribution in [-0.4, -0.2) is 9.78 Å². The van der Waals surface area contributed by atoms with Gasteiger partial charge in [0.2, 0.25) is 0 Å². The largest absolute Gasteiger partial charge is 0.238 e. The predicted octanol–water partition coefficient (Wildman–Crippen LogP) is 3.44. The minimum Gasteiger partial charge on any atom is -0.238 e. The Balaban J connectivity index is 2.40. The van der Waals surface area contributed by atoms with Crippen molar-refractivity contribution in [2.24, 2.45) is 0 Å². The van der Waals surface area contributed by atoms with Gasteiger partial charge in [-0.3, -0.25) is 0 Å². The van der Waals surface area contributed by atoms with Crippen LogP contribution in [0.5, 0.6) is 0 Å². The second kappa shape index (κ2) is 4.52. The molecule has 84 valence electrons. The molecule has 0 spiro atoms. The monoisotopic (exact) mass is 214 g/mol. The van der Waals surface area contributed by atoms with Crippen LogP contribution < -0.4 is 0 Å². The highest BCUT2D eigenvalue weighted by Crippen LogP contribution is 2.14. The maximum absolute atomic E-state index is 4.50. The Morgan fingerprint density at radius 3 is 2.62 bits per heavy atom. The van der Waals surface area contributed by atoms with Crippen molar-refractivity contribution in [1.82, 2.24) is 9.78 Å². The molecule has 0 saturated carbocycles. The average Bonchev–Trinajstić information content (AvgIpc) is 2.59. The molecule has 0 aliphatic carbocycles. The van der Waals surface area contributed by atoms with Crippen LogP contribution in [0.3, 0.4) is 0 Å². The fourth-order valence-corrected chi connectivity index (χ4v) is 2.02. The fraction of sp³-hybridized carbons (Fsp3) is 0.357. The number of benzene rings is 1. The lowest BCUT2D eigenvalue weighted by molar-refractivity contribution is 0.828. The Kier molecular flexibility index (Phi) is 3.09. The zero-order valence-corrected chi connectivity index (χ0v) is 10.2. The summed E-state index contributed by atoms with van der Waals surface area (Å²) in [5.74, 6) is 0. The van der Waals surface area contributed by atoms with Crippen molar-refractivity contribution in [1.29, 1.82) is 0 Å². The van der Waals surface area contributed by atoms with Gasteiger partial charge in [-0.15, -0.1) is 0 Å². The first-order valence-electron chi connectivity index (χ1n) is 5.83. The highest BCUT2D eigenvalue weighted by molar-refractivity contribution is 5.37. The quantitative estimate of drug-likeness (QED) is 0.765. The molecule has 0 radical (unpaired) electrons. The SMILES string of the molecule is CCCc1cccc(-n2nc(C)cc2C)c1. The lowest BCUT2D eigenvalue weighted by Crippen LogP contribution is -1.99. The molecule has 2 heteroatoms. The topological polar surface area (TPSA) is 17.8 Å². The van der Waals surface area contributed by atoms with Gasteiger partial charge in [0.25, 0.3) is 0 Å². The molecule has 1 aromatic heterocycles. The van der Waals surface area contributed by atoms with Gasteiger partial charge in [-0.1, -0.05) is 25.5 Å². The lowest BCUT2D eigenvalue weighted by atomic mass is 10.1. The maximum Gasteiger partial charge on any atom is 0.0651 e. The van der Waals surface area contributed by atoms with Crippen LogP contribution in [0.2, 0.25) is 0 Å². The minimum absolute atomic E-state index is 1.07. The van der Waals surface area contributed by atoms with Gasteiger partial charge in [0, 0.05) is 5.69 Å². The molecule has 16 heavy (non-hydrogen) atoms. The van der Waals surface area contributed by atoms with E-state index in [-0.39, 0.29) is 0 Å². The second-order valence-corrected chi connectivity index (χ2v) is 4.26. The summed E-state index contributed by atoms with van der Waals surface area (Å²) in [5.41, 5.74) is 4.80. The number of hydrogen-bond acceptors (Lipinski definition) is 1. The maximum atomic E-state index is 4.50. The van der Waals surface area contributed by atoms with E-state index < -0.39 is 0 Å². The Morgan fingerprint density at radius 2 is 2.00 bits per heavy atom. The van der Waals surface area contributed by atoms with E-state index in [1.165, 1.54) is 17.7 Å². The lowest BCUT2D eigenvalue weighted by Gasteiger charge is -2.06. The van der Waals surface area contributed by atoms with Gasteiger partial charge in [0.1, 0.15) is 0 Å². The summed E-state index contributed by atoms with van der Waals surface area (Å²) in [6, 6.07) is 10.7. The summed E-state index contributed by atoms with van der Waals surface area (Å²) < 4.78 is 2.01. The molecule has 2 aromatic rings. The predicted molar refractivity (Wildman–Crippen MR) is 67.0 cm³/mol. The van der Waals surface area contributed by atoms with Gasteiger partial charge in [0.05, 0.1) is 11.4 Å². The Labute approximate surface area is 96.9 Å². The molecule has 0 N–H and O–H groups in total. The van der Waals surface area contributed by atoms with Crippen molar-refractivity contribution in [2.75, 3.05) is 0 Å². The van der Waals surface area contributed by atoms with Crippen molar-refractivity contribution >= 4 is 0 Å².